The monoisotopic (exact) mass is 353 g/mol. The van der Waals surface area contributed by atoms with E-state index in [9.17, 15) is 4.79 Å². The van der Waals surface area contributed by atoms with E-state index in [0.29, 0.717) is 22.1 Å². The highest BCUT2D eigenvalue weighted by Gasteiger charge is 2.06. The molecule has 2 heterocycles. The molecule has 0 bridgehead atoms. The van der Waals surface area contributed by atoms with Crippen molar-refractivity contribution in [2.24, 2.45) is 5.10 Å². The predicted octanol–water partition coefficient (Wildman–Crippen LogP) is 4.38. The van der Waals surface area contributed by atoms with Gasteiger partial charge in [0.1, 0.15) is 11.5 Å². The first-order valence-corrected chi connectivity index (χ1v) is 8.03. The summed E-state index contributed by atoms with van der Waals surface area (Å²) in [6, 6.07) is 12.8. The third-order valence-corrected chi connectivity index (χ3v) is 4.02. The molecule has 3 aromatic rings. The van der Waals surface area contributed by atoms with Crippen LogP contribution in [0.15, 0.2) is 58.2 Å². The van der Waals surface area contributed by atoms with E-state index < -0.39 is 0 Å². The number of benzene rings is 1. The second-order valence-corrected chi connectivity index (χ2v) is 5.96. The van der Waals surface area contributed by atoms with Gasteiger partial charge in [-0.25, -0.2) is 5.43 Å². The average Bonchev–Trinajstić information content (AvgIpc) is 3.07. The first-order chi connectivity index (χ1) is 12.0. The Morgan fingerprint density at radius 3 is 2.76 bits per heavy atom. The van der Waals surface area contributed by atoms with Crippen LogP contribution in [0.5, 0.6) is 0 Å². The number of carbonyl (C=O) groups is 1. The number of pyridine rings is 1. The van der Waals surface area contributed by atoms with Crippen LogP contribution in [0.3, 0.4) is 0 Å². The van der Waals surface area contributed by atoms with Gasteiger partial charge in [0.2, 0.25) is 0 Å². The zero-order valence-corrected chi connectivity index (χ0v) is 14.5. The molecule has 0 aliphatic carbocycles. The number of hydrazone groups is 1. The zero-order valence-electron chi connectivity index (χ0n) is 13.8. The summed E-state index contributed by atoms with van der Waals surface area (Å²) >= 11 is 6.14. The van der Waals surface area contributed by atoms with E-state index in [-0.39, 0.29) is 5.91 Å². The second kappa shape index (κ2) is 7.32. The molecular weight excluding hydrogens is 338 g/mol. The number of carbonyl (C=O) groups excluding carboxylic acids is 1. The van der Waals surface area contributed by atoms with Crippen molar-refractivity contribution >= 4 is 23.7 Å². The minimum atomic E-state index is -0.333. The van der Waals surface area contributed by atoms with Crippen molar-refractivity contribution in [1.82, 2.24) is 10.4 Å². The summed E-state index contributed by atoms with van der Waals surface area (Å²) in [6.07, 6.45) is 2.95. The van der Waals surface area contributed by atoms with E-state index >= 15 is 0 Å². The Morgan fingerprint density at radius 1 is 1.20 bits per heavy atom. The average molecular weight is 354 g/mol. The normalized spacial score (nSPS) is 11.0. The van der Waals surface area contributed by atoms with E-state index in [0.717, 1.165) is 16.8 Å². The Balaban J connectivity index is 1.66. The molecule has 6 heteroatoms. The maximum Gasteiger partial charge on any atom is 0.272 e. The maximum atomic E-state index is 11.9. The van der Waals surface area contributed by atoms with Gasteiger partial charge in [0, 0.05) is 22.5 Å². The van der Waals surface area contributed by atoms with Crippen LogP contribution in [0.1, 0.15) is 27.4 Å². The highest BCUT2D eigenvalue weighted by Crippen LogP contribution is 2.26. The third-order valence-electron chi connectivity index (χ3n) is 3.61. The number of nitrogens with one attached hydrogen (secondary N) is 1. The molecule has 1 N–H and O–H groups in total. The van der Waals surface area contributed by atoms with Gasteiger partial charge in [-0.1, -0.05) is 23.7 Å². The summed E-state index contributed by atoms with van der Waals surface area (Å²) < 4.78 is 5.70. The van der Waals surface area contributed by atoms with Crippen LogP contribution in [-0.2, 0) is 0 Å². The van der Waals surface area contributed by atoms with Crippen LogP contribution in [0.4, 0.5) is 0 Å². The maximum absolute atomic E-state index is 11.9. The molecule has 1 amide bonds. The molecule has 25 heavy (non-hydrogen) atoms. The lowest BCUT2D eigenvalue weighted by molar-refractivity contribution is 0.0954. The molecule has 5 nitrogen and oxygen atoms in total. The summed E-state index contributed by atoms with van der Waals surface area (Å²) in [5.74, 6) is 0.868. The Morgan fingerprint density at radius 2 is 2.04 bits per heavy atom. The Hall–Kier alpha value is -2.92. The van der Waals surface area contributed by atoms with Crippen molar-refractivity contribution in [2.75, 3.05) is 0 Å². The summed E-state index contributed by atoms with van der Waals surface area (Å²) in [4.78, 5) is 16.0. The van der Waals surface area contributed by atoms with Gasteiger partial charge in [-0.05, 0) is 49.7 Å². The van der Waals surface area contributed by atoms with E-state index in [1.807, 2.05) is 38.1 Å². The smallest absolute Gasteiger partial charge is 0.272 e. The molecule has 0 aliphatic rings. The molecule has 0 aliphatic heterocycles. The Bertz CT molecular complexity index is 930. The topological polar surface area (TPSA) is 67.5 Å². The zero-order chi connectivity index (χ0) is 17.8. The van der Waals surface area contributed by atoms with Crippen molar-refractivity contribution < 1.29 is 9.21 Å². The van der Waals surface area contributed by atoms with Gasteiger partial charge in [0.15, 0.2) is 0 Å². The molecule has 0 radical (unpaired) electrons. The van der Waals surface area contributed by atoms with E-state index in [4.69, 9.17) is 16.0 Å². The highest BCUT2D eigenvalue weighted by molar-refractivity contribution is 6.31. The number of rotatable bonds is 4. The number of amides is 1. The van der Waals surface area contributed by atoms with Gasteiger partial charge >= 0.3 is 0 Å². The van der Waals surface area contributed by atoms with Gasteiger partial charge in [-0.3, -0.25) is 9.78 Å². The molecule has 2 aromatic heterocycles. The van der Waals surface area contributed by atoms with Gasteiger partial charge in [-0.15, -0.1) is 0 Å². The van der Waals surface area contributed by atoms with E-state index in [1.165, 1.54) is 12.4 Å². The number of halogens is 1. The van der Waals surface area contributed by atoms with Crippen LogP contribution in [0.25, 0.3) is 11.3 Å². The van der Waals surface area contributed by atoms with Crippen molar-refractivity contribution in [1.29, 1.82) is 0 Å². The van der Waals surface area contributed by atoms with Crippen LogP contribution in [-0.4, -0.2) is 17.1 Å². The minimum Gasteiger partial charge on any atom is -0.455 e. The summed E-state index contributed by atoms with van der Waals surface area (Å²) in [5.41, 5.74) is 5.62. The van der Waals surface area contributed by atoms with Crippen molar-refractivity contribution in [3.8, 4) is 11.3 Å². The Labute approximate surface area is 150 Å². The van der Waals surface area contributed by atoms with Crippen molar-refractivity contribution in [3.63, 3.8) is 0 Å². The van der Waals surface area contributed by atoms with Crippen LogP contribution in [0.2, 0.25) is 5.02 Å². The number of nitrogens with zero attached hydrogens (tertiary/aromatic N) is 2. The summed E-state index contributed by atoms with van der Waals surface area (Å²) in [5, 5.41) is 4.59. The lowest BCUT2D eigenvalue weighted by Gasteiger charge is -2.01. The fraction of sp³-hybridized carbons (Fsp3) is 0.105. The predicted molar refractivity (Wildman–Crippen MR) is 97.9 cm³/mol. The number of aryl methyl sites for hydroxylation is 2. The number of aromatic nitrogens is 1. The molecule has 0 fully saturated rings. The molecule has 0 saturated carbocycles. The highest BCUT2D eigenvalue weighted by atomic mass is 35.5. The van der Waals surface area contributed by atoms with Gasteiger partial charge < -0.3 is 4.42 Å². The standard InChI is InChI=1S/C19H16ClN3O2/c1-12-3-5-14(9-17(12)20)18-8-7-16(25-18)11-22-23-19(24)15-6-4-13(2)21-10-15/h3-11H,1-2H3,(H,23,24)/b22-11+. The molecule has 126 valence electrons. The van der Waals surface area contributed by atoms with Gasteiger partial charge in [0.25, 0.3) is 5.91 Å². The van der Waals surface area contributed by atoms with Crippen LogP contribution >= 0.6 is 11.6 Å². The SMILES string of the molecule is Cc1ccc(C(=O)N/N=C/c2ccc(-c3ccc(C)c(Cl)c3)o2)cn1. The lowest BCUT2D eigenvalue weighted by atomic mass is 10.1. The van der Waals surface area contributed by atoms with Gasteiger partial charge in [-0.2, -0.15) is 5.10 Å². The molecule has 0 saturated heterocycles. The van der Waals surface area contributed by atoms with Crippen molar-refractivity contribution in [3.05, 3.63) is 76.3 Å². The fourth-order valence-corrected chi connectivity index (χ4v) is 2.33. The molecule has 3 rings (SSSR count). The summed E-state index contributed by atoms with van der Waals surface area (Å²) in [7, 11) is 0. The number of hydrogen-bond donors (Lipinski definition) is 1. The summed E-state index contributed by atoms with van der Waals surface area (Å²) in [6.45, 7) is 3.80. The Kier molecular flexibility index (Phi) is 4.95. The molecular formula is C19H16ClN3O2. The fourth-order valence-electron chi connectivity index (χ4n) is 2.14. The first kappa shape index (κ1) is 16.9. The van der Waals surface area contributed by atoms with E-state index in [2.05, 4.69) is 15.5 Å². The van der Waals surface area contributed by atoms with Gasteiger partial charge in [0.05, 0.1) is 11.8 Å². The van der Waals surface area contributed by atoms with Crippen molar-refractivity contribution in [2.45, 2.75) is 13.8 Å². The minimum absolute atomic E-state index is 0.333. The molecule has 0 atom stereocenters. The number of hydrogen-bond acceptors (Lipinski definition) is 4. The van der Waals surface area contributed by atoms with Crippen LogP contribution in [0, 0.1) is 13.8 Å². The van der Waals surface area contributed by atoms with E-state index in [1.54, 1.807) is 18.2 Å². The largest absolute Gasteiger partial charge is 0.455 e. The number of furan rings is 1. The molecule has 0 spiro atoms. The quantitative estimate of drug-likeness (QED) is 0.559. The molecule has 1 aromatic carbocycles. The third kappa shape index (κ3) is 4.14. The first-order valence-electron chi connectivity index (χ1n) is 7.65. The molecule has 0 unspecified atom stereocenters. The lowest BCUT2D eigenvalue weighted by Crippen LogP contribution is -2.17. The van der Waals surface area contributed by atoms with Crippen LogP contribution < -0.4 is 5.43 Å². The second-order valence-electron chi connectivity index (χ2n) is 5.55.